The van der Waals surface area contributed by atoms with E-state index < -0.39 is 30.9 Å². The van der Waals surface area contributed by atoms with Crippen molar-refractivity contribution in [2.24, 2.45) is 10.8 Å². The van der Waals surface area contributed by atoms with Crippen LogP contribution in [0.25, 0.3) is 0 Å². The van der Waals surface area contributed by atoms with Gasteiger partial charge in [0.25, 0.3) is 5.91 Å². The molecule has 8 heteroatoms. The maximum absolute atomic E-state index is 14.8. The molecule has 290 valence electrons. The third-order valence-corrected chi connectivity index (χ3v) is 19.9. The van der Waals surface area contributed by atoms with E-state index in [2.05, 4.69) is 105 Å². The van der Waals surface area contributed by atoms with Gasteiger partial charge in [0.15, 0.2) is 5.75 Å². The van der Waals surface area contributed by atoms with Crippen LogP contribution in [0.4, 0.5) is 0 Å². The van der Waals surface area contributed by atoms with Crippen molar-refractivity contribution < 1.29 is 24.2 Å². The number of hydrogen-bond acceptors (Lipinski definition) is 6. The van der Waals surface area contributed by atoms with Crippen molar-refractivity contribution in [3.8, 4) is 11.5 Å². The van der Waals surface area contributed by atoms with E-state index in [1.807, 2.05) is 37.4 Å². The van der Waals surface area contributed by atoms with Gasteiger partial charge in [-0.05, 0) is 77.7 Å². The summed E-state index contributed by atoms with van der Waals surface area (Å²) < 4.78 is 15.1. The average Bonchev–Trinajstić information content (AvgIpc) is 3.88. The Kier molecular flexibility index (Phi) is 8.00. The molecule has 2 aliphatic heterocycles. The number of aliphatic hydroxyl groups excluding tert-OH is 1. The van der Waals surface area contributed by atoms with Crippen molar-refractivity contribution in [2.75, 3.05) is 26.7 Å². The minimum Gasteiger partial charge on any atom is -0.531 e. The number of rotatable bonds is 10. The summed E-state index contributed by atoms with van der Waals surface area (Å²) in [6.45, 7) is 9.24. The maximum Gasteiger partial charge on any atom is 0.320 e. The molecule has 2 N–H and O–H groups in total. The zero-order chi connectivity index (χ0) is 38.7. The van der Waals surface area contributed by atoms with E-state index in [4.69, 9.17) is 9.16 Å². The Morgan fingerprint density at radius 3 is 2.14 bits per heavy atom. The predicted molar refractivity (Wildman–Crippen MR) is 221 cm³/mol. The molecule has 4 bridgehead atoms. The lowest BCUT2D eigenvalue weighted by molar-refractivity contribution is -0.189. The van der Waals surface area contributed by atoms with Crippen molar-refractivity contribution in [1.29, 1.82) is 0 Å². The molecule has 1 saturated heterocycles. The van der Waals surface area contributed by atoms with E-state index in [0.717, 1.165) is 62.3 Å². The number of amides is 1. The Bertz CT molecular complexity index is 2180. The number of aliphatic hydroxyl groups is 2. The van der Waals surface area contributed by atoms with Crippen LogP contribution in [-0.2, 0) is 23.2 Å². The molecular formula is C48H54N2O5Si. The molecule has 2 saturated carbocycles. The third-order valence-electron chi connectivity index (χ3n) is 15.0. The number of nitrogens with zero attached hydrogens (tertiary/aromatic N) is 2. The summed E-state index contributed by atoms with van der Waals surface area (Å²) in [4.78, 5) is 19.2. The molecule has 2 heterocycles. The summed E-state index contributed by atoms with van der Waals surface area (Å²) in [6, 6.07) is 36.0. The van der Waals surface area contributed by atoms with E-state index in [9.17, 15) is 15.0 Å². The van der Waals surface area contributed by atoms with Gasteiger partial charge in [-0.15, -0.1) is 0 Å². The van der Waals surface area contributed by atoms with Crippen LogP contribution >= 0.6 is 0 Å². The molecule has 4 aromatic carbocycles. The molecule has 0 aromatic heterocycles. The van der Waals surface area contributed by atoms with Crippen molar-refractivity contribution in [3.63, 3.8) is 0 Å². The monoisotopic (exact) mass is 766 g/mol. The quantitative estimate of drug-likeness (QED) is 0.189. The van der Waals surface area contributed by atoms with Crippen LogP contribution in [0.2, 0.25) is 5.04 Å². The number of fused-ring (bicyclic) bond motifs is 1. The Balaban J connectivity index is 1.14. The standard InChI is InChI=1S/C48H54N2O5Si/c1-44(2,3)56(35-16-10-6-11-17-35,36-18-12-7-13-19-36)55-38-21-20-34-28-39-46-24-25-48(53,37(29-46)42(52)49(4)30-33-14-8-5-9-15-33)43-47(46,40(34)41(38)54-43)26-27-50(39)31-45(32-51)22-23-45/h5-21,29,39,43,51,53H,22-28,30-32H2,1-4H3/t39-,43-,46-,47+,48-/m1/s1. The Morgan fingerprint density at radius 2 is 1.54 bits per heavy atom. The second-order valence-electron chi connectivity index (χ2n) is 18.9. The molecule has 56 heavy (non-hydrogen) atoms. The van der Waals surface area contributed by atoms with Gasteiger partial charge in [-0.2, -0.15) is 0 Å². The van der Waals surface area contributed by atoms with Crippen LogP contribution in [-0.4, -0.2) is 78.7 Å². The summed E-state index contributed by atoms with van der Waals surface area (Å²) in [5, 5.41) is 25.9. The van der Waals surface area contributed by atoms with Crippen molar-refractivity contribution in [3.05, 3.63) is 131 Å². The van der Waals surface area contributed by atoms with Crippen LogP contribution in [0.5, 0.6) is 11.5 Å². The summed E-state index contributed by atoms with van der Waals surface area (Å²) in [7, 11) is -1.19. The first-order valence-electron chi connectivity index (χ1n) is 20.6. The van der Waals surface area contributed by atoms with Gasteiger partial charge in [0.1, 0.15) is 17.5 Å². The number of hydrogen-bond donors (Lipinski definition) is 2. The Labute approximate surface area is 332 Å². The Morgan fingerprint density at radius 1 is 0.893 bits per heavy atom. The highest BCUT2D eigenvalue weighted by molar-refractivity contribution is 7.00. The minimum atomic E-state index is -3.04. The first-order valence-corrected chi connectivity index (χ1v) is 22.6. The number of likely N-dealkylation sites (N-methyl/N-ethyl adjacent to an activating group) is 1. The van der Waals surface area contributed by atoms with Gasteiger partial charge in [-0.25, -0.2) is 0 Å². The largest absolute Gasteiger partial charge is 0.531 e. The van der Waals surface area contributed by atoms with Gasteiger partial charge in [0, 0.05) is 54.8 Å². The van der Waals surface area contributed by atoms with Crippen LogP contribution in [0, 0.1) is 10.8 Å². The molecule has 1 amide bonds. The summed E-state index contributed by atoms with van der Waals surface area (Å²) in [5.41, 5.74) is 1.50. The van der Waals surface area contributed by atoms with Crippen LogP contribution in [0.1, 0.15) is 69.6 Å². The number of ether oxygens (including phenoxy) is 1. The molecule has 7 aliphatic rings. The van der Waals surface area contributed by atoms with E-state index in [1.54, 1.807) is 4.90 Å². The molecule has 2 spiro atoms. The number of piperidine rings is 1. The highest BCUT2D eigenvalue weighted by Crippen LogP contribution is 2.75. The molecule has 4 aromatic rings. The van der Waals surface area contributed by atoms with E-state index >= 15 is 0 Å². The van der Waals surface area contributed by atoms with E-state index in [1.165, 1.54) is 21.5 Å². The summed E-state index contributed by atoms with van der Waals surface area (Å²) >= 11 is 0. The number of benzene rings is 4. The predicted octanol–water partition coefficient (Wildman–Crippen LogP) is 6.14. The molecule has 11 rings (SSSR count). The lowest BCUT2D eigenvalue weighted by Gasteiger charge is -2.70. The van der Waals surface area contributed by atoms with Crippen molar-refractivity contribution in [1.82, 2.24) is 9.80 Å². The van der Waals surface area contributed by atoms with Gasteiger partial charge in [-0.3, -0.25) is 9.69 Å². The molecule has 7 nitrogen and oxygen atoms in total. The van der Waals surface area contributed by atoms with Crippen molar-refractivity contribution in [2.45, 2.75) is 94.0 Å². The molecule has 5 atom stereocenters. The van der Waals surface area contributed by atoms with Crippen LogP contribution < -0.4 is 19.5 Å². The highest BCUT2D eigenvalue weighted by atomic mass is 28.4. The number of carbonyl (C=O) groups excluding carboxylic acids is 1. The molecule has 0 radical (unpaired) electrons. The number of carbonyl (C=O) groups is 1. The van der Waals surface area contributed by atoms with Gasteiger partial charge < -0.3 is 24.3 Å². The third kappa shape index (κ3) is 4.82. The first-order chi connectivity index (χ1) is 26.9. The Hall–Kier alpha value is -4.21. The van der Waals surface area contributed by atoms with Gasteiger partial charge in [0.2, 0.25) is 0 Å². The SMILES string of the molecule is CN(Cc1ccccc1)C(=O)C1=C[C@@]23CC[C@]1(O)[C@@H]1Oc4c(O[Si](c5ccccc5)(c5ccccc5)C(C)(C)C)ccc5c4[C@@]12CCN(CC1(CO)CC1)[C@@H]3C5. The van der Waals surface area contributed by atoms with Crippen LogP contribution in [0.15, 0.2) is 115 Å². The minimum absolute atomic E-state index is 0.0476. The average molecular weight is 767 g/mol. The topological polar surface area (TPSA) is 82.5 Å². The highest BCUT2D eigenvalue weighted by Gasteiger charge is 2.79. The molecule has 0 unspecified atom stereocenters. The number of likely N-dealkylation sites (tertiary alicyclic amines) is 1. The van der Waals surface area contributed by atoms with Gasteiger partial charge >= 0.3 is 8.32 Å². The van der Waals surface area contributed by atoms with Gasteiger partial charge in [-0.1, -0.05) is 124 Å². The second-order valence-corrected chi connectivity index (χ2v) is 23.2. The van der Waals surface area contributed by atoms with Gasteiger partial charge in [0.05, 0.1) is 5.41 Å². The van der Waals surface area contributed by atoms with E-state index in [0.29, 0.717) is 18.5 Å². The zero-order valence-corrected chi connectivity index (χ0v) is 34.1. The smallest absolute Gasteiger partial charge is 0.320 e. The lowest BCUT2D eigenvalue weighted by atomic mass is 9.38. The molecule has 3 fully saturated rings. The zero-order valence-electron chi connectivity index (χ0n) is 33.1. The summed E-state index contributed by atoms with van der Waals surface area (Å²) in [6.07, 6.45) is 6.55. The van der Waals surface area contributed by atoms with Crippen molar-refractivity contribution >= 4 is 24.6 Å². The second kappa shape index (κ2) is 12.4. The molecular weight excluding hydrogens is 713 g/mol. The fourth-order valence-electron chi connectivity index (χ4n) is 12.1. The fraction of sp³-hybridized carbons (Fsp3) is 0.438. The first kappa shape index (κ1) is 36.1. The molecule has 5 aliphatic carbocycles. The van der Waals surface area contributed by atoms with E-state index in [-0.39, 0.29) is 29.0 Å². The fourth-order valence-corrected chi connectivity index (χ4v) is 16.6. The summed E-state index contributed by atoms with van der Waals surface area (Å²) in [5.74, 6) is 1.34. The van der Waals surface area contributed by atoms with Crippen LogP contribution in [0.3, 0.4) is 0 Å². The normalized spacial score (nSPS) is 29.2. The maximum atomic E-state index is 14.8. The lowest BCUT2D eigenvalue weighted by Crippen LogP contribution is -2.78.